The molecule has 0 aromatic heterocycles. The Balaban J connectivity index is 2.01. The second kappa shape index (κ2) is 6.20. The van der Waals surface area contributed by atoms with Crippen molar-refractivity contribution in [1.29, 1.82) is 0 Å². The third-order valence-corrected chi connectivity index (χ3v) is 5.93. The summed E-state index contributed by atoms with van der Waals surface area (Å²) in [7, 11) is -0.892. The van der Waals surface area contributed by atoms with Gasteiger partial charge in [0, 0.05) is 14.1 Å². The van der Waals surface area contributed by atoms with Crippen LogP contribution in [0.5, 0.6) is 5.75 Å². The number of hydrogen-bond donors (Lipinski definition) is 0. The molecule has 0 fully saturated rings. The molecule has 0 radical (unpaired) electrons. The van der Waals surface area contributed by atoms with Gasteiger partial charge in [-0.25, -0.2) is 17.6 Å². The number of hydrogen-bond acceptors (Lipinski definition) is 5. The van der Waals surface area contributed by atoms with Crippen molar-refractivity contribution >= 4 is 39.0 Å². The van der Waals surface area contributed by atoms with Crippen LogP contribution in [0.4, 0.5) is 15.8 Å². The Morgan fingerprint density at radius 3 is 2.64 bits per heavy atom. The van der Waals surface area contributed by atoms with Crippen LogP contribution in [0.1, 0.15) is 0 Å². The van der Waals surface area contributed by atoms with Crippen LogP contribution in [0.3, 0.4) is 0 Å². The van der Waals surface area contributed by atoms with Gasteiger partial charge in [-0.05, 0) is 36.4 Å². The molecule has 0 bridgehead atoms. The van der Waals surface area contributed by atoms with E-state index in [1.807, 2.05) is 0 Å². The third-order valence-electron chi connectivity index (χ3n) is 3.86. The maximum atomic E-state index is 13.3. The lowest BCUT2D eigenvalue weighted by Gasteiger charge is -2.27. The Labute approximate surface area is 149 Å². The zero-order chi connectivity index (χ0) is 18.4. The number of anilines is 2. The SMILES string of the molecule is CN1CC(=O)Oc2ccc(S(=O)(=O)N(C)c3ccc(F)c(Cl)c3)cc21. The summed E-state index contributed by atoms with van der Waals surface area (Å²) in [4.78, 5) is 13.1. The highest BCUT2D eigenvalue weighted by Gasteiger charge is 2.27. The number of rotatable bonds is 3. The molecule has 2 aromatic carbocycles. The second-order valence-corrected chi connectivity index (χ2v) is 7.91. The first kappa shape index (κ1) is 17.5. The first-order valence-electron chi connectivity index (χ1n) is 7.20. The summed E-state index contributed by atoms with van der Waals surface area (Å²) in [5.74, 6) is -0.748. The number of ether oxygens (including phenoxy) is 1. The fraction of sp³-hybridized carbons (Fsp3) is 0.188. The van der Waals surface area contributed by atoms with Gasteiger partial charge in [-0.1, -0.05) is 11.6 Å². The van der Waals surface area contributed by atoms with Gasteiger partial charge in [-0.3, -0.25) is 4.31 Å². The summed E-state index contributed by atoms with van der Waals surface area (Å²) < 4.78 is 45.1. The molecule has 1 heterocycles. The molecule has 25 heavy (non-hydrogen) atoms. The van der Waals surface area contributed by atoms with Crippen molar-refractivity contribution in [1.82, 2.24) is 0 Å². The van der Waals surface area contributed by atoms with Gasteiger partial charge in [0.05, 0.1) is 21.3 Å². The molecular formula is C16H14ClFN2O4S. The Morgan fingerprint density at radius 1 is 1.24 bits per heavy atom. The van der Waals surface area contributed by atoms with E-state index in [-0.39, 0.29) is 22.2 Å². The van der Waals surface area contributed by atoms with E-state index in [4.69, 9.17) is 16.3 Å². The van der Waals surface area contributed by atoms with Gasteiger partial charge in [-0.15, -0.1) is 0 Å². The number of esters is 1. The van der Waals surface area contributed by atoms with Gasteiger partial charge in [0.15, 0.2) is 5.75 Å². The lowest BCUT2D eigenvalue weighted by Crippen LogP contribution is -2.34. The van der Waals surface area contributed by atoms with Crippen molar-refractivity contribution in [3.63, 3.8) is 0 Å². The van der Waals surface area contributed by atoms with Gasteiger partial charge in [0.25, 0.3) is 10.0 Å². The first-order chi connectivity index (χ1) is 11.7. The molecule has 132 valence electrons. The zero-order valence-corrected chi connectivity index (χ0v) is 14.9. The van der Waals surface area contributed by atoms with Gasteiger partial charge in [0.2, 0.25) is 0 Å². The molecule has 6 nitrogen and oxygen atoms in total. The van der Waals surface area contributed by atoms with E-state index >= 15 is 0 Å². The molecule has 0 N–H and O–H groups in total. The van der Waals surface area contributed by atoms with Crippen LogP contribution in [0.25, 0.3) is 0 Å². The molecule has 0 saturated carbocycles. The summed E-state index contributed by atoms with van der Waals surface area (Å²) in [6.45, 7) is 0.0277. The number of sulfonamides is 1. The molecule has 1 aliphatic heterocycles. The normalized spacial score (nSPS) is 14.1. The van der Waals surface area contributed by atoms with Crippen molar-refractivity contribution in [3.05, 3.63) is 47.2 Å². The molecule has 1 aliphatic rings. The quantitative estimate of drug-likeness (QED) is 0.601. The Hall–Kier alpha value is -2.32. The van der Waals surface area contributed by atoms with Crippen molar-refractivity contribution in [2.24, 2.45) is 0 Å². The molecular weight excluding hydrogens is 371 g/mol. The van der Waals surface area contributed by atoms with Crippen LogP contribution in [0.2, 0.25) is 5.02 Å². The van der Waals surface area contributed by atoms with Crippen LogP contribution >= 0.6 is 11.6 Å². The highest BCUT2D eigenvalue weighted by Crippen LogP contribution is 2.35. The summed E-state index contributed by atoms with van der Waals surface area (Å²) in [5.41, 5.74) is 0.718. The molecule has 0 amide bonds. The second-order valence-electron chi connectivity index (χ2n) is 5.53. The minimum Gasteiger partial charge on any atom is -0.423 e. The smallest absolute Gasteiger partial charge is 0.330 e. The fourth-order valence-corrected chi connectivity index (χ4v) is 3.84. The number of nitrogens with zero attached hydrogens (tertiary/aromatic N) is 2. The molecule has 0 unspecified atom stereocenters. The number of carbonyl (C=O) groups excluding carboxylic acids is 1. The van der Waals surface area contributed by atoms with Gasteiger partial charge in [0.1, 0.15) is 12.4 Å². The van der Waals surface area contributed by atoms with Crippen LogP contribution in [0.15, 0.2) is 41.3 Å². The Morgan fingerprint density at radius 2 is 1.96 bits per heavy atom. The van der Waals surface area contributed by atoms with E-state index in [0.29, 0.717) is 11.4 Å². The summed E-state index contributed by atoms with van der Waals surface area (Å²) in [6.07, 6.45) is 0. The Kier molecular flexibility index (Phi) is 4.34. The number of benzene rings is 2. The predicted octanol–water partition coefficient (Wildman–Crippen LogP) is 2.66. The van der Waals surface area contributed by atoms with E-state index in [1.54, 1.807) is 11.9 Å². The molecule has 0 atom stereocenters. The van der Waals surface area contributed by atoms with Gasteiger partial charge >= 0.3 is 5.97 Å². The van der Waals surface area contributed by atoms with E-state index in [2.05, 4.69) is 0 Å². The maximum absolute atomic E-state index is 13.3. The first-order valence-corrected chi connectivity index (χ1v) is 9.02. The van der Waals surface area contributed by atoms with Gasteiger partial charge in [-0.2, -0.15) is 0 Å². The zero-order valence-electron chi connectivity index (χ0n) is 13.4. The van der Waals surface area contributed by atoms with Crippen LogP contribution in [-0.2, 0) is 14.8 Å². The lowest BCUT2D eigenvalue weighted by atomic mass is 10.2. The highest BCUT2D eigenvalue weighted by atomic mass is 35.5. The van der Waals surface area contributed by atoms with E-state index in [0.717, 1.165) is 10.4 Å². The standard InChI is InChI=1S/C16H14ClFN2O4S/c1-19-9-16(21)24-15-6-4-11(8-14(15)19)25(22,23)20(2)10-3-5-13(18)12(17)7-10/h3-8H,9H2,1-2H3. The van der Waals surface area contributed by atoms with Crippen LogP contribution < -0.4 is 13.9 Å². The van der Waals surface area contributed by atoms with E-state index in [9.17, 15) is 17.6 Å². The third kappa shape index (κ3) is 3.14. The highest BCUT2D eigenvalue weighted by molar-refractivity contribution is 7.92. The molecule has 3 rings (SSSR count). The van der Waals surface area contributed by atoms with E-state index in [1.165, 1.54) is 37.4 Å². The molecule has 2 aromatic rings. The van der Waals surface area contributed by atoms with Crippen LogP contribution in [-0.4, -0.2) is 35.0 Å². The number of carbonyl (C=O) groups is 1. The minimum absolute atomic E-state index is 0.0130. The fourth-order valence-electron chi connectivity index (χ4n) is 2.45. The Bertz CT molecular complexity index is 965. The van der Waals surface area contributed by atoms with Crippen molar-refractivity contribution in [3.8, 4) is 5.75 Å². The summed E-state index contributed by atoms with van der Waals surface area (Å²) in [5, 5.41) is -0.170. The lowest BCUT2D eigenvalue weighted by molar-refractivity contribution is -0.133. The van der Waals surface area contributed by atoms with Crippen LogP contribution in [0, 0.1) is 5.82 Å². The monoisotopic (exact) mass is 384 g/mol. The maximum Gasteiger partial charge on any atom is 0.330 e. The van der Waals surface area contributed by atoms with Crippen molar-refractivity contribution < 1.29 is 22.3 Å². The average molecular weight is 385 g/mol. The van der Waals surface area contributed by atoms with E-state index < -0.39 is 21.8 Å². The van der Waals surface area contributed by atoms with Gasteiger partial charge < -0.3 is 9.64 Å². The molecule has 0 aliphatic carbocycles. The summed E-state index contributed by atoms with van der Waals surface area (Å²) >= 11 is 5.73. The van der Waals surface area contributed by atoms with Crippen molar-refractivity contribution in [2.75, 3.05) is 29.8 Å². The average Bonchev–Trinajstić information content (AvgIpc) is 2.56. The number of fused-ring (bicyclic) bond motifs is 1. The minimum atomic E-state index is -3.91. The molecule has 9 heteroatoms. The topological polar surface area (TPSA) is 66.9 Å². The molecule has 0 saturated heterocycles. The number of likely N-dealkylation sites (N-methyl/N-ethyl adjacent to an activating group) is 1. The largest absolute Gasteiger partial charge is 0.423 e. The number of halogens is 2. The molecule has 0 spiro atoms. The van der Waals surface area contributed by atoms with Crippen molar-refractivity contribution in [2.45, 2.75) is 4.90 Å². The predicted molar refractivity (Wildman–Crippen MR) is 92.3 cm³/mol. The summed E-state index contributed by atoms with van der Waals surface area (Å²) in [6, 6.07) is 7.87.